The summed E-state index contributed by atoms with van der Waals surface area (Å²) in [6.07, 6.45) is 5.63. The van der Waals surface area contributed by atoms with Gasteiger partial charge in [0.15, 0.2) is 0 Å². The first-order valence-electron chi connectivity index (χ1n) is 3.91. The second kappa shape index (κ2) is 5.91. The monoisotopic (exact) mass is 328 g/mol. The van der Waals surface area contributed by atoms with Crippen molar-refractivity contribution in [3.8, 4) is 0 Å². The topological polar surface area (TPSA) is 12.5 Å². The van der Waals surface area contributed by atoms with Crippen molar-refractivity contribution in [2.75, 3.05) is 13.1 Å². The molecule has 0 N–H and O–H groups in total. The summed E-state index contributed by atoms with van der Waals surface area (Å²) in [7, 11) is 0. The van der Waals surface area contributed by atoms with Crippen LogP contribution in [0.5, 0.6) is 0 Å². The molecular formula is C8H15NORe. The van der Waals surface area contributed by atoms with E-state index < -0.39 is 0 Å². The molecule has 0 aromatic carbocycles. The molecule has 11 heavy (non-hydrogen) atoms. The van der Waals surface area contributed by atoms with Crippen molar-refractivity contribution in [1.29, 1.82) is 0 Å². The molecule has 1 atom stereocenters. The largest absolute Gasteiger partial charge is 0.292 e. The maximum absolute atomic E-state index is 5.50. The van der Waals surface area contributed by atoms with Crippen LogP contribution in [0.2, 0.25) is 0 Å². The van der Waals surface area contributed by atoms with Gasteiger partial charge in [0.2, 0.25) is 0 Å². The maximum atomic E-state index is 5.50. The van der Waals surface area contributed by atoms with E-state index in [0.29, 0.717) is 6.10 Å². The normalized spacial score (nSPS) is 25.8. The van der Waals surface area contributed by atoms with Crippen molar-refractivity contribution < 1.29 is 25.3 Å². The van der Waals surface area contributed by atoms with Crippen LogP contribution in [-0.2, 0) is 25.3 Å². The third kappa shape index (κ3) is 3.49. The van der Waals surface area contributed by atoms with E-state index in [1.165, 1.54) is 0 Å². The van der Waals surface area contributed by atoms with Crippen LogP contribution < -0.4 is 0 Å². The fourth-order valence-corrected chi connectivity index (χ4v) is 1.15. The molecule has 1 fully saturated rings. The molecule has 1 aliphatic rings. The zero-order valence-electron chi connectivity index (χ0n) is 7.09. The van der Waals surface area contributed by atoms with Crippen LogP contribution in [-0.4, -0.2) is 24.3 Å². The molecule has 0 amide bonds. The molecule has 0 spiro atoms. The molecule has 1 rings (SSSR count). The molecule has 1 unspecified atom stereocenters. The van der Waals surface area contributed by atoms with Gasteiger partial charge in [-0.25, -0.2) is 0 Å². The number of hydrogen-bond acceptors (Lipinski definition) is 2. The average molecular weight is 327 g/mol. The van der Waals surface area contributed by atoms with E-state index in [-0.39, 0.29) is 20.4 Å². The predicted octanol–water partition coefficient (Wildman–Crippen LogP) is 1.59. The summed E-state index contributed by atoms with van der Waals surface area (Å²) >= 11 is 0. The maximum Gasteiger partial charge on any atom is 0.0987 e. The number of allylic oxidation sites excluding steroid dienone is 1. The van der Waals surface area contributed by atoms with Crippen molar-refractivity contribution in [3.63, 3.8) is 0 Å². The van der Waals surface area contributed by atoms with E-state index >= 15 is 0 Å². The van der Waals surface area contributed by atoms with Crippen molar-refractivity contribution in [1.82, 2.24) is 5.06 Å². The van der Waals surface area contributed by atoms with Crippen LogP contribution in [0.4, 0.5) is 0 Å². The van der Waals surface area contributed by atoms with Crippen LogP contribution >= 0.6 is 0 Å². The molecule has 0 saturated carbocycles. The van der Waals surface area contributed by atoms with Crippen LogP contribution in [0, 0.1) is 0 Å². The molecule has 1 heterocycles. The van der Waals surface area contributed by atoms with E-state index in [1.807, 2.05) is 18.1 Å². The minimum absolute atomic E-state index is 0. The first kappa shape index (κ1) is 11.3. The van der Waals surface area contributed by atoms with Crippen molar-refractivity contribution >= 4 is 0 Å². The van der Waals surface area contributed by atoms with Gasteiger partial charge in [0.25, 0.3) is 0 Å². The first-order valence-corrected chi connectivity index (χ1v) is 3.91. The standard InChI is InChI=1S/C8H15NO.Re/c1-3-5-8-6-7-9(4-2)10-8;/h3,5,8H,4,6-7H2,1-2H3;/b5-3+;. The second-order valence-electron chi connectivity index (χ2n) is 2.48. The van der Waals surface area contributed by atoms with E-state index in [4.69, 9.17) is 4.84 Å². The van der Waals surface area contributed by atoms with Gasteiger partial charge < -0.3 is 0 Å². The molecular weight excluding hydrogens is 312 g/mol. The second-order valence-corrected chi connectivity index (χ2v) is 2.48. The van der Waals surface area contributed by atoms with Crippen molar-refractivity contribution in [2.24, 2.45) is 0 Å². The van der Waals surface area contributed by atoms with Gasteiger partial charge in [-0.05, 0) is 13.3 Å². The van der Waals surface area contributed by atoms with E-state index in [0.717, 1.165) is 19.5 Å². The number of hydroxylamine groups is 2. The van der Waals surface area contributed by atoms with Crippen molar-refractivity contribution in [3.05, 3.63) is 12.2 Å². The summed E-state index contributed by atoms with van der Waals surface area (Å²) in [5.41, 5.74) is 0. The van der Waals surface area contributed by atoms with Crippen molar-refractivity contribution in [2.45, 2.75) is 26.4 Å². The fourth-order valence-electron chi connectivity index (χ4n) is 1.15. The third-order valence-corrected chi connectivity index (χ3v) is 1.71. The summed E-state index contributed by atoms with van der Waals surface area (Å²) < 4.78 is 0. The number of hydrogen-bond donors (Lipinski definition) is 0. The Balaban J connectivity index is 0.000001000. The van der Waals surface area contributed by atoms with Gasteiger partial charge in [0, 0.05) is 33.5 Å². The van der Waals surface area contributed by atoms with Crippen LogP contribution in [0.25, 0.3) is 0 Å². The molecule has 2 nitrogen and oxygen atoms in total. The fraction of sp³-hybridized carbons (Fsp3) is 0.750. The van der Waals surface area contributed by atoms with Gasteiger partial charge in [0.1, 0.15) is 0 Å². The Kier molecular flexibility index (Phi) is 6.08. The summed E-state index contributed by atoms with van der Waals surface area (Å²) in [6.45, 7) is 6.20. The first-order chi connectivity index (χ1) is 4.86. The molecule has 1 radical (unpaired) electrons. The smallest absolute Gasteiger partial charge is 0.0987 e. The summed E-state index contributed by atoms with van der Waals surface area (Å²) in [5, 5.41) is 2.00. The third-order valence-electron chi connectivity index (χ3n) is 1.71. The van der Waals surface area contributed by atoms with Gasteiger partial charge in [-0.3, -0.25) is 4.84 Å². The minimum atomic E-state index is 0. The van der Waals surface area contributed by atoms with E-state index in [9.17, 15) is 0 Å². The van der Waals surface area contributed by atoms with E-state index in [1.54, 1.807) is 0 Å². The van der Waals surface area contributed by atoms with Gasteiger partial charge in [-0.15, -0.1) is 0 Å². The zero-order valence-corrected chi connectivity index (χ0v) is 9.80. The molecule has 3 heteroatoms. The Bertz CT molecular complexity index is 127. The minimum Gasteiger partial charge on any atom is -0.292 e. The molecule has 0 aromatic rings. The summed E-state index contributed by atoms with van der Waals surface area (Å²) in [5.74, 6) is 0. The molecule has 0 bridgehead atoms. The quantitative estimate of drug-likeness (QED) is 0.714. The molecule has 1 aliphatic heterocycles. The Hall–Kier alpha value is 0.322. The summed E-state index contributed by atoms with van der Waals surface area (Å²) in [4.78, 5) is 5.50. The van der Waals surface area contributed by atoms with Gasteiger partial charge in [0.05, 0.1) is 6.10 Å². The Morgan fingerprint density at radius 1 is 1.64 bits per heavy atom. The van der Waals surface area contributed by atoms with E-state index in [2.05, 4.69) is 13.0 Å². The van der Waals surface area contributed by atoms with Gasteiger partial charge in [-0.2, -0.15) is 5.06 Å². The summed E-state index contributed by atoms with van der Waals surface area (Å²) in [6, 6.07) is 0. The molecule has 0 aliphatic carbocycles. The number of nitrogens with zero attached hydrogens (tertiary/aromatic N) is 1. The Morgan fingerprint density at radius 3 is 2.82 bits per heavy atom. The van der Waals surface area contributed by atoms with Gasteiger partial charge >= 0.3 is 0 Å². The van der Waals surface area contributed by atoms with Crippen LogP contribution in [0.3, 0.4) is 0 Å². The SMILES string of the molecule is C/C=C/C1CCN(CC)O1.[Re]. The molecule has 1 saturated heterocycles. The van der Waals surface area contributed by atoms with Crippen LogP contribution in [0.1, 0.15) is 20.3 Å². The number of rotatable bonds is 2. The predicted molar refractivity (Wildman–Crippen MR) is 41.6 cm³/mol. The zero-order chi connectivity index (χ0) is 7.40. The molecule has 65 valence electrons. The van der Waals surface area contributed by atoms with Crippen LogP contribution in [0.15, 0.2) is 12.2 Å². The average Bonchev–Trinajstić information content (AvgIpc) is 2.37. The Morgan fingerprint density at radius 2 is 2.36 bits per heavy atom. The van der Waals surface area contributed by atoms with Gasteiger partial charge in [-0.1, -0.05) is 19.1 Å². The molecule has 0 aromatic heterocycles. The Labute approximate surface area is 82.2 Å².